The van der Waals surface area contributed by atoms with Gasteiger partial charge in [-0.3, -0.25) is 4.79 Å². The van der Waals surface area contributed by atoms with E-state index in [-0.39, 0.29) is 12.0 Å². The van der Waals surface area contributed by atoms with E-state index in [1.54, 1.807) is 17.8 Å². The van der Waals surface area contributed by atoms with Crippen LogP contribution in [0.3, 0.4) is 0 Å². The SMILES string of the molecule is CCCNC(CCSc1ccc(Cl)c(Cl)c1)C(=O)OCC. The lowest BCUT2D eigenvalue weighted by atomic mass is 10.2. The van der Waals surface area contributed by atoms with Gasteiger partial charge in [-0.25, -0.2) is 0 Å². The van der Waals surface area contributed by atoms with Gasteiger partial charge in [0.05, 0.1) is 16.7 Å². The van der Waals surface area contributed by atoms with Crippen molar-refractivity contribution in [3.05, 3.63) is 28.2 Å². The molecule has 1 aromatic rings. The zero-order valence-electron chi connectivity index (χ0n) is 12.3. The first-order valence-electron chi connectivity index (χ1n) is 7.06. The van der Waals surface area contributed by atoms with Crippen LogP contribution in [0, 0.1) is 0 Å². The molecule has 1 atom stereocenters. The Kier molecular flexibility index (Phi) is 9.16. The minimum Gasteiger partial charge on any atom is -0.465 e. The average molecular weight is 350 g/mol. The number of hydrogen-bond acceptors (Lipinski definition) is 4. The number of ether oxygens (including phenoxy) is 1. The van der Waals surface area contributed by atoms with Crippen molar-refractivity contribution < 1.29 is 9.53 Å². The molecule has 0 fully saturated rings. The number of benzene rings is 1. The number of nitrogens with one attached hydrogen (secondary N) is 1. The van der Waals surface area contributed by atoms with Gasteiger partial charge in [0.1, 0.15) is 6.04 Å². The van der Waals surface area contributed by atoms with Gasteiger partial charge >= 0.3 is 5.97 Å². The fourth-order valence-electron chi connectivity index (χ4n) is 1.73. The van der Waals surface area contributed by atoms with Gasteiger partial charge in [0.15, 0.2) is 0 Å². The first-order valence-corrected chi connectivity index (χ1v) is 8.80. The van der Waals surface area contributed by atoms with Gasteiger partial charge in [0, 0.05) is 10.6 Å². The highest BCUT2D eigenvalue weighted by atomic mass is 35.5. The summed E-state index contributed by atoms with van der Waals surface area (Å²) in [6.45, 7) is 5.10. The summed E-state index contributed by atoms with van der Waals surface area (Å²) < 4.78 is 5.09. The highest BCUT2D eigenvalue weighted by molar-refractivity contribution is 7.99. The predicted octanol–water partition coefficient (Wildman–Crippen LogP) is 4.41. The van der Waals surface area contributed by atoms with Crippen LogP contribution in [0.15, 0.2) is 23.1 Å². The molecule has 0 saturated carbocycles. The highest BCUT2D eigenvalue weighted by Crippen LogP contribution is 2.28. The first-order chi connectivity index (χ1) is 10.1. The quantitative estimate of drug-likeness (QED) is 0.529. The maximum Gasteiger partial charge on any atom is 0.323 e. The van der Waals surface area contributed by atoms with Crippen molar-refractivity contribution in [2.45, 2.75) is 37.6 Å². The molecule has 1 unspecified atom stereocenters. The van der Waals surface area contributed by atoms with Gasteiger partial charge in [0.25, 0.3) is 0 Å². The van der Waals surface area contributed by atoms with Crippen LogP contribution in [-0.4, -0.2) is 30.9 Å². The molecular weight excluding hydrogens is 329 g/mol. The molecule has 0 bridgehead atoms. The van der Waals surface area contributed by atoms with Crippen LogP contribution < -0.4 is 5.32 Å². The highest BCUT2D eigenvalue weighted by Gasteiger charge is 2.18. The van der Waals surface area contributed by atoms with E-state index < -0.39 is 0 Å². The number of carbonyl (C=O) groups excluding carboxylic acids is 1. The minimum absolute atomic E-state index is 0.180. The van der Waals surface area contributed by atoms with Crippen molar-refractivity contribution in [2.75, 3.05) is 18.9 Å². The van der Waals surface area contributed by atoms with Crippen molar-refractivity contribution in [2.24, 2.45) is 0 Å². The van der Waals surface area contributed by atoms with Crippen LogP contribution >= 0.6 is 35.0 Å². The van der Waals surface area contributed by atoms with E-state index in [1.807, 2.05) is 19.1 Å². The smallest absolute Gasteiger partial charge is 0.323 e. The molecule has 3 nitrogen and oxygen atoms in total. The molecule has 0 heterocycles. The average Bonchev–Trinajstić information content (AvgIpc) is 2.46. The van der Waals surface area contributed by atoms with Crippen LogP contribution in [0.25, 0.3) is 0 Å². The van der Waals surface area contributed by atoms with E-state index in [0.29, 0.717) is 23.1 Å². The topological polar surface area (TPSA) is 38.3 Å². The van der Waals surface area contributed by atoms with E-state index in [2.05, 4.69) is 12.2 Å². The van der Waals surface area contributed by atoms with Gasteiger partial charge in [-0.1, -0.05) is 30.1 Å². The second kappa shape index (κ2) is 10.3. The molecule has 0 saturated heterocycles. The number of esters is 1. The fraction of sp³-hybridized carbons (Fsp3) is 0.533. The lowest BCUT2D eigenvalue weighted by Crippen LogP contribution is -2.39. The third kappa shape index (κ3) is 6.92. The molecule has 1 aromatic carbocycles. The van der Waals surface area contributed by atoms with E-state index >= 15 is 0 Å². The van der Waals surface area contributed by atoms with Gasteiger partial charge in [-0.15, -0.1) is 11.8 Å². The lowest BCUT2D eigenvalue weighted by Gasteiger charge is -2.16. The van der Waals surface area contributed by atoms with Crippen molar-refractivity contribution in [1.29, 1.82) is 0 Å². The summed E-state index contributed by atoms with van der Waals surface area (Å²) in [5, 5.41) is 4.33. The molecule has 6 heteroatoms. The van der Waals surface area contributed by atoms with Gasteiger partial charge in [-0.2, -0.15) is 0 Å². The number of halogens is 2. The van der Waals surface area contributed by atoms with Crippen LogP contribution in [-0.2, 0) is 9.53 Å². The Hall–Kier alpha value is -0.420. The Morgan fingerprint density at radius 3 is 2.71 bits per heavy atom. The third-order valence-electron chi connectivity index (χ3n) is 2.78. The fourth-order valence-corrected chi connectivity index (χ4v) is 3.04. The molecule has 0 aliphatic rings. The first kappa shape index (κ1) is 18.6. The number of carbonyl (C=O) groups is 1. The summed E-state index contributed by atoms with van der Waals surface area (Å²) >= 11 is 13.5. The molecule has 118 valence electrons. The molecule has 0 aliphatic carbocycles. The minimum atomic E-state index is -0.250. The second-order valence-corrected chi connectivity index (χ2v) is 6.45. The summed E-state index contributed by atoms with van der Waals surface area (Å²) in [6.07, 6.45) is 1.69. The number of hydrogen-bond donors (Lipinski definition) is 1. The van der Waals surface area contributed by atoms with Crippen LogP contribution in [0.4, 0.5) is 0 Å². The number of thioether (sulfide) groups is 1. The predicted molar refractivity (Wildman–Crippen MR) is 90.5 cm³/mol. The van der Waals surface area contributed by atoms with Crippen molar-refractivity contribution in [3.8, 4) is 0 Å². The molecule has 21 heavy (non-hydrogen) atoms. The Labute approximate surface area is 140 Å². The van der Waals surface area contributed by atoms with Crippen LogP contribution in [0.1, 0.15) is 26.7 Å². The summed E-state index contributed by atoms with van der Waals surface area (Å²) in [6, 6.07) is 5.30. The van der Waals surface area contributed by atoms with Crippen LogP contribution in [0.5, 0.6) is 0 Å². The maximum atomic E-state index is 11.9. The van der Waals surface area contributed by atoms with Gasteiger partial charge in [0.2, 0.25) is 0 Å². The largest absolute Gasteiger partial charge is 0.465 e. The third-order valence-corrected chi connectivity index (χ3v) is 4.54. The van der Waals surface area contributed by atoms with Crippen molar-refractivity contribution >= 4 is 40.9 Å². The molecule has 1 rings (SSSR count). The molecule has 0 aliphatic heterocycles. The zero-order chi connectivity index (χ0) is 15.7. The molecule has 0 aromatic heterocycles. The molecule has 0 radical (unpaired) electrons. The molecule has 1 N–H and O–H groups in total. The lowest BCUT2D eigenvalue weighted by molar-refractivity contribution is -0.145. The van der Waals surface area contributed by atoms with E-state index in [0.717, 1.165) is 23.6 Å². The molecular formula is C15H21Cl2NO2S. The normalized spacial score (nSPS) is 12.2. The standard InChI is InChI=1S/C15H21Cl2NO2S/c1-3-8-18-14(15(19)20-4-2)7-9-21-11-5-6-12(16)13(17)10-11/h5-6,10,14,18H,3-4,7-9H2,1-2H3. The van der Waals surface area contributed by atoms with Crippen LogP contribution in [0.2, 0.25) is 10.0 Å². The molecule has 0 spiro atoms. The van der Waals surface area contributed by atoms with E-state index in [1.165, 1.54) is 0 Å². The van der Waals surface area contributed by atoms with Crippen molar-refractivity contribution in [3.63, 3.8) is 0 Å². The summed E-state index contributed by atoms with van der Waals surface area (Å²) in [7, 11) is 0. The Bertz CT molecular complexity index is 457. The van der Waals surface area contributed by atoms with Gasteiger partial charge < -0.3 is 10.1 Å². The van der Waals surface area contributed by atoms with Crippen molar-refractivity contribution in [1.82, 2.24) is 5.32 Å². The Balaban J connectivity index is 2.47. The maximum absolute atomic E-state index is 11.9. The summed E-state index contributed by atoms with van der Waals surface area (Å²) in [4.78, 5) is 12.9. The zero-order valence-corrected chi connectivity index (χ0v) is 14.7. The summed E-state index contributed by atoms with van der Waals surface area (Å²) in [5.41, 5.74) is 0. The Morgan fingerprint density at radius 1 is 1.33 bits per heavy atom. The van der Waals surface area contributed by atoms with E-state index in [4.69, 9.17) is 27.9 Å². The molecule has 0 amide bonds. The van der Waals surface area contributed by atoms with E-state index in [9.17, 15) is 4.79 Å². The number of rotatable bonds is 9. The summed E-state index contributed by atoms with van der Waals surface area (Å²) in [5.74, 6) is 0.624. The second-order valence-electron chi connectivity index (χ2n) is 4.47. The van der Waals surface area contributed by atoms with Gasteiger partial charge in [-0.05, 0) is 44.5 Å². The Morgan fingerprint density at radius 2 is 2.10 bits per heavy atom. The monoisotopic (exact) mass is 349 g/mol.